The van der Waals surface area contributed by atoms with E-state index in [1.54, 1.807) is 19.5 Å². The van der Waals surface area contributed by atoms with Crippen molar-refractivity contribution in [3.63, 3.8) is 0 Å². The summed E-state index contributed by atoms with van der Waals surface area (Å²) in [4.78, 5) is 8.97. The van der Waals surface area contributed by atoms with Crippen molar-refractivity contribution in [2.24, 2.45) is 0 Å². The van der Waals surface area contributed by atoms with E-state index in [0.29, 0.717) is 21.8 Å². The molecule has 0 unspecified atom stereocenters. The smallest absolute Gasteiger partial charge is 0.143 e. The Kier molecular flexibility index (Phi) is 3.24. The molecule has 0 radical (unpaired) electrons. The van der Waals surface area contributed by atoms with Gasteiger partial charge >= 0.3 is 0 Å². The van der Waals surface area contributed by atoms with Crippen LogP contribution in [0.4, 0.5) is 0 Å². The summed E-state index contributed by atoms with van der Waals surface area (Å²) in [6, 6.07) is 6.11. The maximum absolute atomic E-state index is 6.18. The number of hydrogen-bond donors (Lipinski definition) is 0. The van der Waals surface area contributed by atoms with Gasteiger partial charge in [-0.25, -0.2) is 4.98 Å². The first-order chi connectivity index (χ1) is 10.7. The molecule has 0 saturated heterocycles. The molecular formula is C16H13Cl2N3O. The molecule has 0 spiro atoms. The summed E-state index contributed by atoms with van der Waals surface area (Å²) < 4.78 is 7.49. The number of fused-ring (bicyclic) bond motifs is 1. The molecule has 2 heterocycles. The molecule has 22 heavy (non-hydrogen) atoms. The minimum atomic E-state index is 0.462. The van der Waals surface area contributed by atoms with Gasteiger partial charge in [0.2, 0.25) is 0 Å². The van der Waals surface area contributed by atoms with E-state index in [-0.39, 0.29) is 0 Å². The van der Waals surface area contributed by atoms with Gasteiger partial charge in [-0.2, -0.15) is 0 Å². The zero-order valence-electron chi connectivity index (χ0n) is 11.9. The van der Waals surface area contributed by atoms with Gasteiger partial charge in [0.15, 0.2) is 0 Å². The van der Waals surface area contributed by atoms with E-state index < -0.39 is 0 Å². The normalized spacial score (nSPS) is 14.5. The largest absolute Gasteiger partial charge is 0.495 e. The Morgan fingerprint density at radius 3 is 2.64 bits per heavy atom. The third kappa shape index (κ3) is 2.23. The van der Waals surface area contributed by atoms with Gasteiger partial charge in [0, 0.05) is 17.8 Å². The molecule has 0 N–H and O–H groups in total. The lowest BCUT2D eigenvalue weighted by Crippen LogP contribution is -1.98. The van der Waals surface area contributed by atoms with Crippen LogP contribution in [0.25, 0.3) is 22.4 Å². The molecule has 1 fully saturated rings. The van der Waals surface area contributed by atoms with Gasteiger partial charge < -0.3 is 9.30 Å². The highest BCUT2D eigenvalue weighted by molar-refractivity contribution is 6.42. The van der Waals surface area contributed by atoms with Crippen LogP contribution in [-0.2, 0) is 0 Å². The van der Waals surface area contributed by atoms with E-state index >= 15 is 0 Å². The Balaban J connectivity index is 1.98. The number of benzene rings is 1. The molecule has 0 bridgehead atoms. The molecule has 6 heteroatoms. The summed E-state index contributed by atoms with van der Waals surface area (Å²) in [5, 5.41) is 1.07. The average molecular weight is 334 g/mol. The molecule has 1 aliphatic rings. The Morgan fingerprint density at radius 1 is 1.14 bits per heavy atom. The van der Waals surface area contributed by atoms with Crippen LogP contribution in [0, 0.1) is 0 Å². The van der Waals surface area contributed by atoms with E-state index in [9.17, 15) is 0 Å². The SMILES string of the molecule is COc1cncc(-c2nc3cc(Cl)c(Cl)cc3n2C2CC2)c1. The summed E-state index contributed by atoms with van der Waals surface area (Å²) >= 11 is 12.3. The predicted molar refractivity (Wildman–Crippen MR) is 87.8 cm³/mol. The number of methoxy groups -OCH3 is 1. The van der Waals surface area contributed by atoms with Crippen LogP contribution in [0.3, 0.4) is 0 Å². The molecule has 4 rings (SSSR count). The highest BCUT2D eigenvalue weighted by atomic mass is 35.5. The monoisotopic (exact) mass is 333 g/mol. The molecule has 0 amide bonds. The van der Waals surface area contributed by atoms with Gasteiger partial charge in [0.1, 0.15) is 11.6 Å². The van der Waals surface area contributed by atoms with Crippen LogP contribution in [0.15, 0.2) is 30.6 Å². The van der Waals surface area contributed by atoms with Crippen LogP contribution in [-0.4, -0.2) is 21.6 Å². The minimum absolute atomic E-state index is 0.462. The van der Waals surface area contributed by atoms with Crippen LogP contribution in [0.5, 0.6) is 5.75 Å². The molecule has 1 aliphatic carbocycles. The molecule has 0 atom stereocenters. The lowest BCUT2D eigenvalue weighted by molar-refractivity contribution is 0.413. The summed E-state index contributed by atoms with van der Waals surface area (Å²) in [6.07, 6.45) is 5.78. The van der Waals surface area contributed by atoms with Crippen molar-refractivity contribution in [2.75, 3.05) is 7.11 Å². The predicted octanol–water partition coefficient (Wildman–Crippen LogP) is 4.75. The summed E-state index contributed by atoms with van der Waals surface area (Å²) in [5.74, 6) is 1.59. The first-order valence-electron chi connectivity index (χ1n) is 7.04. The summed E-state index contributed by atoms with van der Waals surface area (Å²) in [7, 11) is 1.63. The van der Waals surface area contributed by atoms with Crippen molar-refractivity contribution in [1.29, 1.82) is 0 Å². The zero-order chi connectivity index (χ0) is 15.3. The van der Waals surface area contributed by atoms with Gasteiger partial charge in [0.05, 0.1) is 34.4 Å². The Labute approximate surface area is 137 Å². The lowest BCUT2D eigenvalue weighted by Gasteiger charge is -2.08. The molecule has 112 valence electrons. The third-order valence-electron chi connectivity index (χ3n) is 3.85. The van der Waals surface area contributed by atoms with Crippen LogP contribution in [0.2, 0.25) is 10.0 Å². The second-order valence-electron chi connectivity index (χ2n) is 5.41. The van der Waals surface area contributed by atoms with E-state index in [4.69, 9.17) is 32.9 Å². The van der Waals surface area contributed by atoms with Gasteiger partial charge in [0.25, 0.3) is 0 Å². The van der Waals surface area contributed by atoms with Crippen molar-refractivity contribution in [3.05, 3.63) is 40.6 Å². The molecule has 3 aromatic rings. The zero-order valence-corrected chi connectivity index (χ0v) is 13.4. The third-order valence-corrected chi connectivity index (χ3v) is 4.57. The van der Waals surface area contributed by atoms with E-state index in [2.05, 4.69) is 9.55 Å². The Morgan fingerprint density at radius 2 is 1.91 bits per heavy atom. The molecule has 2 aromatic heterocycles. The molecule has 4 nitrogen and oxygen atoms in total. The van der Waals surface area contributed by atoms with Gasteiger partial charge in [-0.05, 0) is 31.0 Å². The maximum Gasteiger partial charge on any atom is 0.143 e. The van der Waals surface area contributed by atoms with Crippen LogP contribution >= 0.6 is 23.2 Å². The number of ether oxygens (including phenoxy) is 1. The first kappa shape index (κ1) is 13.9. The quantitative estimate of drug-likeness (QED) is 0.694. The Hall–Kier alpha value is -1.78. The van der Waals surface area contributed by atoms with Crippen molar-refractivity contribution < 1.29 is 4.74 Å². The molecular weight excluding hydrogens is 321 g/mol. The van der Waals surface area contributed by atoms with Gasteiger partial charge in [-0.15, -0.1) is 0 Å². The fourth-order valence-corrected chi connectivity index (χ4v) is 2.96. The number of halogens is 2. The highest BCUT2D eigenvalue weighted by Crippen LogP contribution is 2.42. The maximum atomic E-state index is 6.18. The van der Waals surface area contributed by atoms with Gasteiger partial charge in [-0.3, -0.25) is 4.98 Å². The van der Waals surface area contributed by atoms with Crippen molar-refractivity contribution in [2.45, 2.75) is 18.9 Å². The number of nitrogens with zero attached hydrogens (tertiary/aromatic N) is 3. The minimum Gasteiger partial charge on any atom is -0.495 e. The van der Waals surface area contributed by atoms with E-state index in [1.165, 1.54) is 0 Å². The van der Waals surface area contributed by atoms with Crippen molar-refractivity contribution in [1.82, 2.24) is 14.5 Å². The summed E-state index contributed by atoms with van der Waals surface area (Å²) in [5.41, 5.74) is 2.78. The first-order valence-corrected chi connectivity index (χ1v) is 7.79. The molecule has 1 aromatic carbocycles. The van der Waals surface area contributed by atoms with Gasteiger partial charge in [-0.1, -0.05) is 23.2 Å². The number of pyridine rings is 1. The second kappa shape index (κ2) is 5.14. The standard InChI is InChI=1S/C16H13Cl2N3O/c1-22-11-4-9(7-19-8-11)16-20-14-5-12(17)13(18)6-15(14)21(16)10-2-3-10/h4-8,10H,2-3H2,1H3. The topological polar surface area (TPSA) is 39.9 Å². The molecule has 1 saturated carbocycles. The van der Waals surface area contributed by atoms with Crippen LogP contribution < -0.4 is 4.74 Å². The lowest BCUT2D eigenvalue weighted by atomic mass is 10.2. The summed E-state index contributed by atoms with van der Waals surface area (Å²) in [6.45, 7) is 0. The van der Waals surface area contributed by atoms with Crippen LogP contribution in [0.1, 0.15) is 18.9 Å². The Bertz CT molecular complexity index is 871. The average Bonchev–Trinajstić information content (AvgIpc) is 3.30. The number of hydrogen-bond acceptors (Lipinski definition) is 3. The number of imidazole rings is 1. The van der Waals surface area contributed by atoms with Crippen molar-refractivity contribution in [3.8, 4) is 17.1 Å². The molecule has 0 aliphatic heterocycles. The fraction of sp³-hybridized carbons (Fsp3) is 0.250. The number of rotatable bonds is 3. The van der Waals surface area contributed by atoms with E-state index in [1.807, 2.05) is 18.2 Å². The second-order valence-corrected chi connectivity index (χ2v) is 6.22. The highest BCUT2D eigenvalue weighted by Gasteiger charge is 2.29. The number of aromatic nitrogens is 3. The van der Waals surface area contributed by atoms with Crippen molar-refractivity contribution >= 4 is 34.2 Å². The fourth-order valence-electron chi connectivity index (χ4n) is 2.65. The van der Waals surface area contributed by atoms with E-state index in [0.717, 1.165) is 35.3 Å².